The molecule has 0 spiro atoms. The zero-order valence-electron chi connectivity index (χ0n) is 10.8. The van der Waals surface area contributed by atoms with E-state index in [0.29, 0.717) is 12.3 Å². The number of hydrogen-bond acceptors (Lipinski definition) is 3. The summed E-state index contributed by atoms with van der Waals surface area (Å²) in [4.78, 5) is 16.3. The summed E-state index contributed by atoms with van der Waals surface area (Å²) in [5.74, 6) is 1.36. The molecule has 2 aromatic rings. The van der Waals surface area contributed by atoms with Crippen molar-refractivity contribution in [2.75, 3.05) is 6.54 Å². The monoisotopic (exact) mass is 259 g/mol. The van der Waals surface area contributed by atoms with Crippen molar-refractivity contribution in [2.45, 2.75) is 32.2 Å². The van der Waals surface area contributed by atoms with E-state index in [2.05, 4.69) is 21.1 Å². The smallest absolute Gasteiger partial charge is 0.286 e. The Kier molecular flexibility index (Phi) is 3.35. The first-order valence-electron chi connectivity index (χ1n) is 6.69. The Bertz CT molecular complexity index is 534. The molecule has 0 radical (unpaired) electrons. The number of carbonyl (C=O) groups excluding carboxylic acids is 1. The second kappa shape index (κ2) is 5.30. The highest BCUT2D eigenvalue weighted by molar-refractivity contribution is 5.91. The van der Waals surface area contributed by atoms with Gasteiger partial charge in [-0.3, -0.25) is 4.79 Å². The molecular formula is C14H17N3O2. The third-order valence-corrected chi connectivity index (χ3v) is 3.37. The number of hydrogen-bond donors (Lipinski definition) is 1. The molecule has 0 unspecified atom stereocenters. The quantitative estimate of drug-likeness (QED) is 0.910. The molecule has 0 saturated heterocycles. The molecule has 0 saturated carbocycles. The maximum absolute atomic E-state index is 11.7. The number of aromatic nitrogens is 2. The number of furan rings is 1. The molecule has 1 aliphatic rings. The van der Waals surface area contributed by atoms with E-state index < -0.39 is 0 Å². The Morgan fingerprint density at radius 1 is 1.47 bits per heavy atom. The van der Waals surface area contributed by atoms with Crippen molar-refractivity contribution in [2.24, 2.45) is 0 Å². The normalized spacial score (nSPS) is 14.1. The number of fused-ring (bicyclic) bond motifs is 1. The molecular weight excluding hydrogens is 242 g/mol. The topological polar surface area (TPSA) is 60.1 Å². The van der Waals surface area contributed by atoms with Gasteiger partial charge in [0.1, 0.15) is 5.82 Å². The van der Waals surface area contributed by atoms with Gasteiger partial charge in [-0.1, -0.05) is 0 Å². The van der Waals surface area contributed by atoms with E-state index in [1.807, 2.05) is 0 Å². The zero-order chi connectivity index (χ0) is 13.1. The second-order valence-corrected chi connectivity index (χ2v) is 4.78. The third-order valence-electron chi connectivity index (χ3n) is 3.37. The van der Waals surface area contributed by atoms with Crippen molar-refractivity contribution < 1.29 is 9.21 Å². The highest BCUT2D eigenvalue weighted by Gasteiger charge is 2.12. The third kappa shape index (κ3) is 2.70. The lowest BCUT2D eigenvalue weighted by Crippen LogP contribution is -2.25. The fraction of sp³-hybridized carbons (Fsp3) is 0.429. The van der Waals surface area contributed by atoms with Crippen molar-refractivity contribution in [3.05, 3.63) is 41.9 Å². The van der Waals surface area contributed by atoms with Gasteiger partial charge in [-0.2, -0.15) is 0 Å². The van der Waals surface area contributed by atoms with E-state index in [9.17, 15) is 4.79 Å². The van der Waals surface area contributed by atoms with E-state index in [1.165, 1.54) is 24.9 Å². The lowest BCUT2D eigenvalue weighted by Gasteiger charge is -2.11. The van der Waals surface area contributed by atoms with E-state index >= 15 is 0 Å². The molecule has 0 aromatic carbocycles. The van der Waals surface area contributed by atoms with E-state index in [1.54, 1.807) is 12.1 Å². The Morgan fingerprint density at radius 2 is 2.42 bits per heavy atom. The highest BCUT2D eigenvalue weighted by Crippen LogP contribution is 2.14. The molecule has 0 fully saturated rings. The number of carbonyl (C=O) groups is 1. The van der Waals surface area contributed by atoms with Gasteiger partial charge >= 0.3 is 0 Å². The molecule has 1 aliphatic heterocycles. The van der Waals surface area contributed by atoms with Gasteiger partial charge in [0.05, 0.1) is 12.0 Å². The van der Waals surface area contributed by atoms with Gasteiger partial charge in [0.15, 0.2) is 5.76 Å². The number of rotatable bonds is 4. The van der Waals surface area contributed by atoms with Crippen LogP contribution in [0, 0.1) is 0 Å². The number of nitrogens with zero attached hydrogens (tertiary/aromatic N) is 2. The Labute approximate surface area is 111 Å². The maximum atomic E-state index is 11.7. The van der Waals surface area contributed by atoms with Crippen LogP contribution >= 0.6 is 0 Å². The standard InChI is InChI=1S/C14H17N3O2/c18-14(12-4-3-9-19-12)15-7-6-11-10-17-8-2-1-5-13(17)16-11/h3-4,9-10H,1-2,5-8H2,(H,15,18). The van der Waals surface area contributed by atoms with E-state index in [4.69, 9.17) is 4.42 Å². The van der Waals surface area contributed by atoms with Crippen LogP contribution in [-0.2, 0) is 19.4 Å². The SMILES string of the molecule is O=C(NCCc1cn2c(n1)CCCC2)c1ccco1. The summed E-state index contributed by atoms with van der Waals surface area (Å²) in [5, 5.41) is 2.83. The van der Waals surface area contributed by atoms with Crippen LogP contribution in [0.3, 0.4) is 0 Å². The van der Waals surface area contributed by atoms with Crippen molar-refractivity contribution in [3.8, 4) is 0 Å². The van der Waals surface area contributed by atoms with Gasteiger partial charge in [0.2, 0.25) is 0 Å². The Hall–Kier alpha value is -2.04. The maximum Gasteiger partial charge on any atom is 0.286 e. The Morgan fingerprint density at radius 3 is 3.21 bits per heavy atom. The molecule has 0 bridgehead atoms. The van der Waals surface area contributed by atoms with Crippen LogP contribution in [0.5, 0.6) is 0 Å². The van der Waals surface area contributed by atoms with Crippen LogP contribution in [-0.4, -0.2) is 22.0 Å². The van der Waals surface area contributed by atoms with Crippen molar-refractivity contribution in [3.63, 3.8) is 0 Å². The molecule has 5 nitrogen and oxygen atoms in total. The van der Waals surface area contributed by atoms with Gasteiger partial charge in [-0.25, -0.2) is 4.98 Å². The molecule has 1 amide bonds. The van der Waals surface area contributed by atoms with Crippen LogP contribution in [0.4, 0.5) is 0 Å². The van der Waals surface area contributed by atoms with Gasteiger partial charge in [0.25, 0.3) is 5.91 Å². The molecule has 2 aromatic heterocycles. The van der Waals surface area contributed by atoms with Crippen molar-refractivity contribution in [1.29, 1.82) is 0 Å². The first-order valence-corrected chi connectivity index (χ1v) is 6.69. The zero-order valence-corrected chi connectivity index (χ0v) is 10.8. The summed E-state index contributed by atoms with van der Waals surface area (Å²) in [6.45, 7) is 1.65. The summed E-state index contributed by atoms with van der Waals surface area (Å²) < 4.78 is 7.26. The minimum atomic E-state index is -0.172. The molecule has 5 heteroatoms. The predicted molar refractivity (Wildman–Crippen MR) is 69.9 cm³/mol. The molecule has 100 valence electrons. The molecule has 0 atom stereocenters. The molecule has 3 heterocycles. The van der Waals surface area contributed by atoms with E-state index in [-0.39, 0.29) is 5.91 Å². The Balaban J connectivity index is 1.52. The summed E-state index contributed by atoms with van der Waals surface area (Å²) in [6, 6.07) is 3.36. The lowest BCUT2D eigenvalue weighted by atomic mass is 10.2. The number of nitrogens with one attached hydrogen (secondary N) is 1. The molecule has 1 N–H and O–H groups in total. The largest absolute Gasteiger partial charge is 0.459 e. The van der Waals surface area contributed by atoms with Gasteiger partial charge in [0, 0.05) is 32.1 Å². The van der Waals surface area contributed by atoms with E-state index in [0.717, 1.165) is 25.1 Å². The van der Waals surface area contributed by atoms with Gasteiger partial charge < -0.3 is 14.3 Å². The van der Waals surface area contributed by atoms with Crippen molar-refractivity contribution in [1.82, 2.24) is 14.9 Å². The summed E-state index contributed by atoms with van der Waals surface area (Å²) in [5.41, 5.74) is 1.05. The molecule has 19 heavy (non-hydrogen) atoms. The lowest BCUT2D eigenvalue weighted by molar-refractivity contribution is 0.0926. The first kappa shape index (κ1) is 12.0. The summed E-state index contributed by atoms with van der Waals surface area (Å²) in [7, 11) is 0. The fourth-order valence-electron chi connectivity index (χ4n) is 2.39. The summed E-state index contributed by atoms with van der Waals surface area (Å²) >= 11 is 0. The number of amides is 1. The van der Waals surface area contributed by atoms with Crippen LogP contribution < -0.4 is 5.32 Å². The molecule has 0 aliphatic carbocycles. The minimum absolute atomic E-state index is 0.172. The van der Waals surface area contributed by atoms with Gasteiger partial charge in [-0.15, -0.1) is 0 Å². The second-order valence-electron chi connectivity index (χ2n) is 4.78. The fourth-order valence-corrected chi connectivity index (χ4v) is 2.39. The first-order chi connectivity index (χ1) is 9.33. The highest BCUT2D eigenvalue weighted by atomic mass is 16.3. The van der Waals surface area contributed by atoms with Crippen LogP contribution in [0.25, 0.3) is 0 Å². The number of imidazole rings is 1. The van der Waals surface area contributed by atoms with Crippen molar-refractivity contribution >= 4 is 5.91 Å². The van der Waals surface area contributed by atoms with Crippen LogP contribution in [0.15, 0.2) is 29.0 Å². The van der Waals surface area contributed by atoms with Crippen LogP contribution in [0.1, 0.15) is 34.9 Å². The predicted octanol–water partition coefficient (Wildman–Crippen LogP) is 1.78. The van der Waals surface area contributed by atoms with Crippen LogP contribution in [0.2, 0.25) is 0 Å². The summed E-state index contributed by atoms with van der Waals surface area (Å²) in [6.07, 6.45) is 7.89. The average molecular weight is 259 g/mol. The molecule has 3 rings (SSSR count). The number of aryl methyl sites for hydroxylation is 2. The minimum Gasteiger partial charge on any atom is -0.459 e. The average Bonchev–Trinajstić information content (AvgIpc) is 3.07. The van der Waals surface area contributed by atoms with Gasteiger partial charge in [-0.05, 0) is 25.0 Å².